The average Bonchev–Trinajstić information content (AvgIpc) is 2.73. The molecular weight excluding hydrogens is 416 g/mol. The third-order valence-electron chi connectivity index (χ3n) is 6.15. The minimum absolute atomic E-state index is 0.0830. The number of hydrogen-bond acceptors (Lipinski definition) is 3. The van der Waals surface area contributed by atoms with Crippen molar-refractivity contribution in [3.63, 3.8) is 0 Å². The molecule has 30 heavy (non-hydrogen) atoms. The fourth-order valence-corrected chi connectivity index (χ4v) is 5.19. The summed E-state index contributed by atoms with van der Waals surface area (Å²) in [5.74, 6) is 0.805. The van der Waals surface area contributed by atoms with Gasteiger partial charge in [-0.05, 0) is 54.2 Å². The van der Waals surface area contributed by atoms with Crippen LogP contribution in [0.3, 0.4) is 0 Å². The lowest BCUT2D eigenvalue weighted by Gasteiger charge is -2.34. The van der Waals surface area contributed by atoms with Crippen LogP contribution >= 0.6 is 23.4 Å². The second-order valence-corrected chi connectivity index (χ2v) is 9.64. The predicted octanol–water partition coefficient (Wildman–Crippen LogP) is 5.98. The maximum atomic E-state index is 12.8. The molecule has 0 radical (unpaired) electrons. The molecule has 2 amide bonds. The number of thioether (sulfide) groups is 1. The van der Waals surface area contributed by atoms with Crippen LogP contribution in [0, 0.1) is 11.8 Å². The zero-order valence-electron chi connectivity index (χ0n) is 17.1. The molecule has 0 saturated heterocycles. The zero-order chi connectivity index (χ0) is 21.3. The van der Waals surface area contributed by atoms with Crippen LogP contribution in [0.5, 0.6) is 0 Å². The summed E-state index contributed by atoms with van der Waals surface area (Å²) >= 11 is 7.60. The van der Waals surface area contributed by atoms with E-state index in [4.69, 9.17) is 11.6 Å². The standard InChI is InChI=1S/C24H25ClN2O2S/c1-14-6-5-9-19(15(14)2)26-23(28)17-10-11-21-20(12-17)27-24(29)22(30-21)13-16-7-3-4-8-18(16)25/h3-4,7-8,10-15,19H,5-6,9H2,1-2H3,(H,26,28)(H,27,29)/b22-13+/t14-,15+,19-/m1/s1. The summed E-state index contributed by atoms with van der Waals surface area (Å²) in [6.45, 7) is 4.47. The molecule has 1 heterocycles. The predicted molar refractivity (Wildman–Crippen MR) is 124 cm³/mol. The number of anilines is 1. The average molecular weight is 441 g/mol. The molecule has 4 rings (SSSR count). The molecule has 156 valence electrons. The molecule has 0 aromatic heterocycles. The van der Waals surface area contributed by atoms with E-state index in [1.54, 1.807) is 18.2 Å². The molecule has 1 fully saturated rings. The fourth-order valence-electron chi connectivity index (χ4n) is 4.07. The summed E-state index contributed by atoms with van der Waals surface area (Å²) in [6.07, 6.45) is 5.18. The summed E-state index contributed by atoms with van der Waals surface area (Å²) in [6, 6.07) is 13.1. The van der Waals surface area contributed by atoms with Gasteiger partial charge in [-0.3, -0.25) is 9.59 Å². The Hall–Kier alpha value is -2.24. The highest BCUT2D eigenvalue weighted by atomic mass is 35.5. The smallest absolute Gasteiger partial charge is 0.262 e. The van der Waals surface area contributed by atoms with E-state index in [0.717, 1.165) is 23.3 Å². The molecule has 1 saturated carbocycles. The Balaban J connectivity index is 1.51. The number of rotatable bonds is 3. The van der Waals surface area contributed by atoms with Gasteiger partial charge in [0.15, 0.2) is 0 Å². The highest BCUT2D eigenvalue weighted by Crippen LogP contribution is 2.40. The first kappa shape index (κ1) is 21.0. The van der Waals surface area contributed by atoms with E-state index in [2.05, 4.69) is 24.5 Å². The summed E-state index contributed by atoms with van der Waals surface area (Å²) in [5.41, 5.74) is 2.03. The van der Waals surface area contributed by atoms with Gasteiger partial charge in [0.2, 0.25) is 0 Å². The summed E-state index contributed by atoms with van der Waals surface area (Å²) < 4.78 is 0. The summed E-state index contributed by atoms with van der Waals surface area (Å²) in [5, 5.41) is 6.71. The molecule has 2 aromatic rings. The van der Waals surface area contributed by atoms with E-state index in [9.17, 15) is 9.59 Å². The number of hydrogen-bond donors (Lipinski definition) is 2. The minimum atomic E-state index is -0.195. The maximum absolute atomic E-state index is 12.8. The van der Waals surface area contributed by atoms with Crippen LogP contribution in [-0.2, 0) is 4.79 Å². The number of carbonyl (C=O) groups is 2. The Morgan fingerprint density at radius 1 is 1.20 bits per heavy atom. The Labute approximate surface area is 186 Å². The van der Waals surface area contributed by atoms with Gasteiger partial charge < -0.3 is 10.6 Å². The molecule has 0 unspecified atom stereocenters. The van der Waals surface area contributed by atoms with Crippen LogP contribution in [0.25, 0.3) is 6.08 Å². The van der Waals surface area contributed by atoms with Crippen molar-refractivity contribution < 1.29 is 9.59 Å². The van der Waals surface area contributed by atoms with Gasteiger partial charge in [0.1, 0.15) is 0 Å². The first-order valence-corrected chi connectivity index (χ1v) is 11.5. The van der Waals surface area contributed by atoms with Gasteiger partial charge in [-0.15, -0.1) is 0 Å². The Morgan fingerprint density at radius 3 is 2.80 bits per heavy atom. The van der Waals surface area contributed by atoms with Gasteiger partial charge in [-0.2, -0.15) is 0 Å². The van der Waals surface area contributed by atoms with E-state index in [1.807, 2.05) is 30.3 Å². The third kappa shape index (κ3) is 4.42. The molecular formula is C24H25ClN2O2S. The minimum Gasteiger partial charge on any atom is -0.349 e. The fraction of sp³-hybridized carbons (Fsp3) is 0.333. The van der Waals surface area contributed by atoms with Crippen LogP contribution in [0.4, 0.5) is 5.69 Å². The van der Waals surface area contributed by atoms with Crippen molar-refractivity contribution in [2.75, 3.05) is 5.32 Å². The molecule has 1 aliphatic heterocycles. The zero-order valence-corrected chi connectivity index (χ0v) is 18.6. The van der Waals surface area contributed by atoms with Crippen molar-refractivity contribution >= 4 is 46.9 Å². The maximum Gasteiger partial charge on any atom is 0.262 e. The van der Waals surface area contributed by atoms with E-state index in [-0.39, 0.29) is 17.9 Å². The van der Waals surface area contributed by atoms with Gasteiger partial charge in [0.25, 0.3) is 11.8 Å². The van der Waals surface area contributed by atoms with E-state index >= 15 is 0 Å². The van der Waals surface area contributed by atoms with Crippen molar-refractivity contribution in [3.8, 4) is 0 Å². The van der Waals surface area contributed by atoms with Crippen molar-refractivity contribution in [1.29, 1.82) is 0 Å². The Bertz CT molecular complexity index is 1020. The molecule has 0 spiro atoms. The highest BCUT2D eigenvalue weighted by Gasteiger charge is 2.29. The first-order chi connectivity index (χ1) is 14.4. The lowest BCUT2D eigenvalue weighted by Crippen LogP contribution is -2.43. The van der Waals surface area contributed by atoms with Crippen molar-refractivity contribution in [3.05, 3.63) is 63.5 Å². The topological polar surface area (TPSA) is 58.2 Å². The second kappa shape index (κ2) is 8.86. The monoisotopic (exact) mass is 440 g/mol. The summed E-state index contributed by atoms with van der Waals surface area (Å²) in [4.78, 5) is 26.9. The molecule has 2 N–H and O–H groups in total. The Kier molecular flexibility index (Phi) is 6.21. The third-order valence-corrected chi connectivity index (χ3v) is 7.59. The van der Waals surface area contributed by atoms with Gasteiger partial charge in [-0.1, -0.05) is 68.3 Å². The van der Waals surface area contributed by atoms with E-state index < -0.39 is 0 Å². The molecule has 4 nitrogen and oxygen atoms in total. The number of nitrogens with one attached hydrogen (secondary N) is 2. The molecule has 1 aliphatic carbocycles. The Morgan fingerprint density at radius 2 is 2.00 bits per heavy atom. The molecule has 3 atom stereocenters. The number of fused-ring (bicyclic) bond motifs is 1. The summed E-state index contributed by atoms with van der Waals surface area (Å²) in [7, 11) is 0. The van der Waals surface area contributed by atoms with Crippen LogP contribution < -0.4 is 10.6 Å². The number of amides is 2. The lowest BCUT2D eigenvalue weighted by atomic mass is 9.78. The molecule has 2 aliphatic rings. The number of benzene rings is 2. The SMILES string of the molecule is C[C@H]1[C@H](C)CCC[C@H]1NC(=O)c1ccc2c(c1)NC(=O)/C(=C\c1ccccc1Cl)S2. The normalized spacial score (nSPS) is 24.8. The largest absolute Gasteiger partial charge is 0.349 e. The van der Waals surface area contributed by atoms with Crippen molar-refractivity contribution in [2.24, 2.45) is 11.8 Å². The van der Waals surface area contributed by atoms with Gasteiger partial charge >= 0.3 is 0 Å². The quantitative estimate of drug-likeness (QED) is 0.577. The number of halogens is 1. The van der Waals surface area contributed by atoms with Crippen LogP contribution in [0.1, 0.15) is 49.0 Å². The number of carbonyl (C=O) groups excluding carboxylic acids is 2. The van der Waals surface area contributed by atoms with E-state index in [1.165, 1.54) is 18.2 Å². The van der Waals surface area contributed by atoms with Crippen LogP contribution in [-0.4, -0.2) is 17.9 Å². The van der Waals surface area contributed by atoms with E-state index in [0.29, 0.717) is 33.0 Å². The molecule has 2 aromatic carbocycles. The first-order valence-electron chi connectivity index (χ1n) is 10.3. The lowest BCUT2D eigenvalue weighted by molar-refractivity contribution is -0.112. The van der Waals surface area contributed by atoms with Crippen molar-refractivity contribution in [2.45, 2.75) is 44.0 Å². The van der Waals surface area contributed by atoms with Gasteiger partial charge in [0, 0.05) is 21.5 Å². The highest BCUT2D eigenvalue weighted by molar-refractivity contribution is 8.04. The second-order valence-electron chi connectivity index (χ2n) is 8.14. The van der Waals surface area contributed by atoms with Crippen LogP contribution in [0.15, 0.2) is 52.3 Å². The van der Waals surface area contributed by atoms with Gasteiger partial charge in [-0.25, -0.2) is 0 Å². The molecule has 6 heteroatoms. The van der Waals surface area contributed by atoms with Gasteiger partial charge in [0.05, 0.1) is 10.6 Å². The van der Waals surface area contributed by atoms with Crippen LogP contribution in [0.2, 0.25) is 5.02 Å². The molecule has 0 bridgehead atoms. The van der Waals surface area contributed by atoms with Crippen molar-refractivity contribution in [1.82, 2.24) is 5.32 Å².